The molecule has 0 unspecified atom stereocenters. The van der Waals surface area contributed by atoms with Crippen molar-refractivity contribution in [1.29, 1.82) is 0 Å². The van der Waals surface area contributed by atoms with Crippen molar-refractivity contribution in [2.75, 3.05) is 7.11 Å². The van der Waals surface area contributed by atoms with Crippen LogP contribution in [0.4, 0.5) is 0 Å². The third kappa shape index (κ3) is 2.83. The standard InChI is InChI=1S/C18H19N3O2/c1-12-7-8-13(2)17(9-12)21-18(16(11-22)19-20-21)14-5-4-6-15(10-14)23-3/h4-10,22H,11H2,1-3H3. The Labute approximate surface area is 135 Å². The molecule has 0 saturated heterocycles. The number of benzene rings is 2. The predicted octanol–water partition coefficient (Wildman–Crippen LogP) is 3.05. The van der Waals surface area contributed by atoms with Gasteiger partial charge in [0.25, 0.3) is 0 Å². The number of nitrogens with zero attached hydrogens (tertiary/aromatic N) is 3. The van der Waals surface area contributed by atoms with E-state index in [0.29, 0.717) is 5.69 Å². The number of aromatic nitrogens is 3. The first-order chi connectivity index (χ1) is 11.1. The van der Waals surface area contributed by atoms with E-state index < -0.39 is 0 Å². The van der Waals surface area contributed by atoms with Crippen molar-refractivity contribution in [3.05, 3.63) is 59.3 Å². The zero-order chi connectivity index (χ0) is 16.4. The molecule has 1 heterocycles. The maximum atomic E-state index is 9.64. The molecule has 0 aliphatic heterocycles. The van der Waals surface area contributed by atoms with E-state index in [1.807, 2.05) is 38.1 Å². The highest BCUT2D eigenvalue weighted by Gasteiger charge is 2.17. The number of aliphatic hydroxyl groups excluding tert-OH is 1. The number of rotatable bonds is 4. The van der Waals surface area contributed by atoms with Gasteiger partial charge in [0.15, 0.2) is 0 Å². The molecule has 118 valence electrons. The predicted molar refractivity (Wildman–Crippen MR) is 88.7 cm³/mol. The maximum absolute atomic E-state index is 9.64. The van der Waals surface area contributed by atoms with Gasteiger partial charge in [0, 0.05) is 5.56 Å². The Bertz CT molecular complexity index is 840. The molecule has 0 fully saturated rings. The smallest absolute Gasteiger partial charge is 0.119 e. The molecule has 0 spiro atoms. The molecule has 0 bridgehead atoms. The fourth-order valence-corrected chi connectivity index (χ4v) is 2.60. The van der Waals surface area contributed by atoms with Gasteiger partial charge in [-0.1, -0.05) is 29.5 Å². The van der Waals surface area contributed by atoms with Crippen molar-refractivity contribution in [3.8, 4) is 22.7 Å². The van der Waals surface area contributed by atoms with Gasteiger partial charge in [-0.05, 0) is 43.2 Å². The van der Waals surface area contributed by atoms with Crippen molar-refractivity contribution >= 4 is 0 Å². The fourth-order valence-electron chi connectivity index (χ4n) is 2.60. The van der Waals surface area contributed by atoms with Gasteiger partial charge in [-0.3, -0.25) is 0 Å². The SMILES string of the molecule is COc1cccc(-c2c(CO)nnn2-c2cc(C)ccc2C)c1. The molecule has 0 atom stereocenters. The summed E-state index contributed by atoms with van der Waals surface area (Å²) in [4.78, 5) is 0. The summed E-state index contributed by atoms with van der Waals surface area (Å²) in [5.41, 5.74) is 5.41. The second-order valence-corrected chi connectivity index (χ2v) is 5.48. The molecule has 5 nitrogen and oxygen atoms in total. The Morgan fingerprint density at radius 2 is 1.96 bits per heavy atom. The van der Waals surface area contributed by atoms with Gasteiger partial charge in [-0.25, -0.2) is 4.68 Å². The highest BCUT2D eigenvalue weighted by molar-refractivity contribution is 5.66. The lowest BCUT2D eigenvalue weighted by molar-refractivity contribution is 0.277. The zero-order valence-electron chi connectivity index (χ0n) is 13.4. The lowest BCUT2D eigenvalue weighted by Gasteiger charge is -2.12. The van der Waals surface area contributed by atoms with Gasteiger partial charge in [0.1, 0.15) is 17.1 Å². The Morgan fingerprint density at radius 1 is 1.13 bits per heavy atom. The minimum atomic E-state index is -0.169. The van der Waals surface area contributed by atoms with Crippen LogP contribution < -0.4 is 4.74 Å². The monoisotopic (exact) mass is 309 g/mol. The first kappa shape index (κ1) is 15.2. The van der Waals surface area contributed by atoms with E-state index in [1.54, 1.807) is 11.8 Å². The van der Waals surface area contributed by atoms with E-state index in [2.05, 4.69) is 28.5 Å². The number of hydrogen-bond acceptors (Lipinski definition) is 4. The van der Waals surface area contributed by atoms with Crippen LogP contribution in [0.25, 0.3) is 16.9 Å². The summed E-state index contributed by atoms with van der Waals surface area (Å²) >= 11 is 0. The molecule has 3 rings (SSSR count). The van der Waals surface area contributed by atoms with Crippen molar-refractivity contribution < 1.29 is 9.84 Å². The molecule has 0 aliphatic rings. The third-order valence-electron chi connectivity index (χ3n) is 3.83. The molecule has 1 N–H and O–H groups in total. The van der Waals surface area contributed by atoms with Gasteiger partial charge in [-0.2, -0.15) is 0 Å². The molecule has 5 heteroatoms. The van der Waals surface area contributed by atoms with Gasteiger partial charge in [-0.15, -0.1) is 5.10 Å². The van der Waals surface area contributed by atoms with Crippen LogP contribution >= 0.6 is 0 Å². The minimum absolute atomic E-state index is 0.169. The van der Waals surface area contributed by atoms with E-state index in [0.717, 1.165) is 33.8 Å². The Morgan fingerprint density at radius 3 is 2.70 bits per heavy atom. The highest BCUT2D eigenvalue weighted by Crippen LogP contribution is 2.29. The highest BCUT2D eigenvalue weighted by atomic mass is 16.5. The Balaban J connectivity index is 2.23. The largest absolute Gasteiger partial charge is 0.497 e. The molecular formula is C18H19N3O2. The van der Waals surface area contributed by atoms with E-state index in [-0.39, 0.29) is 6.61 Å². The summed E-state index contributed by atoms with van der Waals surface area (Å²) in [5.74, 6) is 0.750. The molecule has 0 saturated carbocycles. The zero-order valence-corrected chi connectivity index (χ0v) is 13.4. The average Bonchev–Trinajstić information content (AvgIpc) is 3.01. The van der Waals surface area contributed by atoms with Crippen molar-refractivity contribution in [2.45, 2.75) is 20.5 Å². The van der Waals surface area contributed by atoms with Gasteiger partial charge >= 0.3 is 0 Å². The number of ether oxygens (including phenoxy) is 1. The first-order valence-electron chi connectivity index (χ1n) is 7.41. The number of aryl methyl sites for hydroxylation is 2. The van der Waals surface area contributed by atoms with Crippen molar-refractivity contribution in [3.63, 3.8) is 0 Å². The van der Waals surface area contributed by atoms with Gasteiger partial charge in [0.05, 0.1) is 19.4 Å². The summed E-state index contributed by atoms with van der Waals surface area (Å²) in [5, 5.41) is 18.0. The second kappa shape index (κ2) is 6.22. The van der Waals surface area contributed by atoms with Gasteiger partial charge < -0.3 is 9.84 Å². The van der Waals surface area contributed by atoms with Crippen LogP contribution in [0.1, 0.15) is 16.8 Å². The van der Waals surface area contributed by atoms with Crippen molar-refractivity contribution in [1.82, 2.24) is 15.0 Å². The van der Waals surface area contributed by atoms with Crippen LogP contribution in [-0.4, -0.2) is 27.2 Å². The maximum Gasteiger partial charge on any atom is 0.119 e. The van der Waals surface area contributed by atoms with Crippen LogP contribution in [0.3, 0.4) is 0 Å². The molecule has 3 aromatic rings. The van der Waals surface area contributed by atoms with Crippen LogP contribution in [0.15, 0.2) is 42.5 Å². The number of hydrogen-bond donors (Lipinski definition) is 1. The molecule has 0 amide bonds. The lowest BCUT2D eigenvalue weighted by Crippen LogP contribution is -2.03. The molecule has 1 aromatic heterocycles. The van der Waals surface area contributed by atoms with Crippen LogP contribution in [0.2, 0.25) is 0 Å². The summed E-state index contributed by atoms with van der Waals surface area (Å²) in [6, 6.07) is 13.9. The van der Waals surface area contributed by atoms with Crippen molar-refractivity contribution in [2.24, 2.45) is 0 Å². The second-order valence-electron chi connectivity index (χ2n) is 5.48. The molecular weight excluding hydrogens is 290 g/mol. The summed E-state index contributed by atoms with van der Waals surface area (Å²) in [6.45, 7) is 3.90. The normalized spacial score (nSPS) is 10.8. The lowest BCUT2D eigenvalue weighted by atomic mass is 10.1. The molecule has 0 radical (unpaired) electrons. The Hall–Kier alpha value is -2.66. The fraction of sp³-hybridized carbons (Fsp3) is 0.222. The van der Waals surface area contributed by atoms with E-state index in [9.17, 15) is 5.11 Å². The minimum Gasteiger partial charge on any atom is -0.497 e. The summed E-state index contributed by atoms with van der Waals surface area (Å²) < 4.78 is 7.08. The van der Waals surface area contributed by atoms with Crippen LogP contribution in [-0.2, 0) is 6.61 Å². The quantitative estimate of drug-likeness (QED) is 0.804. The van der Waals surface area contributed by atoms with Gasteiger partial charge in [0.2, 0.25) is 0 Å². The molecule has 23 heavy (non-hydrogen) atoms. The average molecular weight is 309 g/mol. The molecule has 2 aromatic carbocycles. The number of methoxy groups -OCH3 is 1. The van der Waals surface area contributed by atoms with Crippen LogP contribution in [0.5, 0.6) is 5.75 Å². The topological polar surface area (TPSA) is 60.2 Å². The number of aliphatic hydroxyl groups is 1. The molecule has 0 aliphatic carbocycles. The Kier molecular flexibility index (Phi) is 4.12. The third-order valence-corrected chi connectivity index (χ3v) is 3.83. The summed E-state index contributed by atoms with van der Waals surface area (Å²) in [6.07, 6.45) is 0. The summed E-state index contributed by atoms with van der Waals surface area (Å²) in [7, 11) is 1.63. The van der Waals surface area contributed by atoms with Crippen LogP contribution in [0, 0.1) is 13.8 Å². The van der Waals surface area contributed by atoms with E-state index in [4.69, 9.17) is 4.74 Å². The van der Waals surface area contributed by atoms with E-state index >= 15 is 0 Å². The first-order valence-corrected chi connectivity index (χ1v) is 7.41. The van der Waals surface area contributed by atoms with E-state index in [1.165, 1.54) is 0 Å².